The predicted octanol–water partition coefficient (Wildman–Crippen LogP) is 3.16. The summed E-state index contributed by atoms with van der Waals surface area (Å²) in [6, 6.07) is 7.32. The van der Waals surface area contributed by atoms with Crippen LogP contribution in [0.1, 0.15) is 5.56 Å². The van der Waals surface area contributed by atoms with Gasteiger partial charge in [0.05, 0.1) is 0 Å². The number of pyridine rings is 1. The van der Waals surface area contributed by atoms with Crippen LogP contribution >= 0.6 is 23.2 Å². The van der Waals surface area contributed by atoms with Crippen molar-refractivity contribution < 1.29 is 0 Å². The summed E-state index contributed by atoms with van der Waals surface area (Å²) in [5.74, 6) is 0. The van der Waals surface area contributed by atoms with E-state index in [1.54, 1.807) is 18.5 Å². The van der Waals surface area contributed by atoms with Crippen molar-refractivity contribution in [3.05, 3.63) is 52.4 Å². The van der Waals surface area contributed by atoms with E-state index in [-0.39, 0.29) is 0 Å². The third kappa shape index (κ3) is 2.18. The fraction of sp³-hybridized carbons (Fsp3) is 0.0769. The van der Waals surface area contributed by atoms with Gasteiger partial charge < -0.3 is 5.73 Å². The molecule has 2 heterocycles. The number of fused-ring (bicyclic) bond motifs is 1. The average molecular weight is 293 g/mol. The Hall–Kier alpha value is -1.62. The quantitative estimate of drug-likeness (QED) is 0.789. The lowest BCUT2D eigenvalue weighted by Crippen LogP contribution is -2.01. The first kappa shape index (κ1) is 12.4. The van der Waals surface area contributed by atoms with Crippen LogP contribution in [0.15, 0.2) is 36.8 Å². The van der Waals surface area contributed by atoms with Crippen molar-refractivity contribution in [2.75, 3.05) is 0 Å². The molecular formula is C13H10Cl2N4. The van der Waals surface area contributed by atoms with Gasteiger partial charge in [0, 0.05) is 33.9 Å². The summed E-state index contributed by atoms with van der Waals surface area (Å²) in [4.78, 5) is 0. The number of hydrogen-bond acceptors (Lipinski definition) is 3. The number of nitrogens with zero attached hydrogens (tertiary/aromatic N) is 3. The second-order valence-corrected chi connectivity index (χ2v) is 4.98. The maximum absolute atomic E-state index is 6.25. The van der Waals surface area contributed by atoms with Gasteiger partial charge in [0.15, 0.2) is 5.65 Å². The molecule has 6 heteroatoms. The molecule has 0 aliphatic carbocycles. The SMILES string of the molecule is NCc1cc2nncn2cc1-c1ccc(Cl)cc1Cl. The van der Waals surface area contributed by atoms with E-state index in [2.05, 4.69) is 10.2 Å². The van der Waals surface area contributed by atoms with E-state index in [9.17, 15) is 0 Å². The van der Waals surface area contributed by atoms with E-state index in [1.807, 2.05) is 22.7 Å². The second kappa shape index (κ2) is 4.81. The molecule has 4 nitrogen and oxygen atoms in total. The minimum absolute atomic E-state index is 0.400. The van der Waals surface area contributed by atoms with Crippen LogP contribution < -0.4 is 5.73 Å². The Balaban J connectivity index is 2.27. The summed E-state index contributed by atoms with van der Waals surface area (Å²) >= 11 is 12.2. The van der Waals surface area contributed by atoms with Crippen LogP contribution in [-0.2, 0) is 6.54 Å². The second-order valence-electron chi connectivity index (χ2n) is 4.14. The first-order chi connectivity index (χ1) is 9.19. The highest BCUT2D eigenvalue weighted by atomic mass is 35.5. The highest BCUT2D eigenvalue weighted by Gasteiger charge is 2.11. The average Bonchev–Trinajstić information content (AvgIpc) is 2.84. The van der Waals surface area contributed by atoms with Gasteiger partial charge in [-0.2, -0.15) is 0 Å². The van der Waals surface area contributed by atoms with Crippen molar-refractivity contribution in [2.24, 2.45) is 5.73 Å². The summed E-state index contributed by atoms with van der Waals surface area (Å²) in [7, 11) is 0. The first-order valence-corrected chi connectivity index (χ1v) is 6.42. The van der Waals surface area contributed by atoms with Crippen molar-refractivity contribution in [1.29, 1.82) is 0 Å². The lowest BCUT2D eigenvalue weighted by Gasteiger charge is -2.10. The van der Waals surface area contributed by atoms with Gasteiger partial charge in [-0.15, -0.1) is 10.2 Å². The molecule has 0 saturated heterocycles. The van der Waals surface area contributed by atoms with Crippen LogP contribution in [0, 0.1) is 0 Å². The Morgan fingerprint density at radius 1 is 1.16 bits per heavy atom. The molecule has 0 aliphatic heterocycles. The molecule has 19 heavy (non-hydrogen) atoms. The van der Waals surface area contributed by atoms with Gasteiger partial charge in [0.2, 0.25) is 0 Å². The number of rotatable bonds is 2. The van der Waals surface area contributed by atoms with E-state index < -0.39 is 0 Å². The van der Waals surface area contributed by atoms with Gasteiger partial charge in [0.25, 0.3) is 0 Å². The zero-order chi connectivity index (χ0) is 13.4. The molecule has 0 amide bonds. The van der Waals surface area contributed by atoms with Crippen molar-refractivity contribution in [3.8, 4) is 11.1 Å². The Kier molecular flexibility index (Phi) is 3.14. The molecule has 0 aliphatic rings. The molecule has 0 spiro atoms. The summed E-state index contributed by atoms with van der Waals surface area (Å²) in [5.41, 5.74) is 9.37. The molecule has 0 radical (unpaired) electrons. The van der Waals surface area contributed by atoms with E-state index in [0.29, 0.717) is 16.6 Å². The molecule has 3 rings (SSSR count). The Morgan fingerprint density at radius 3 is 2.74 bits per heavy atom. The van der Waals surface area contributed by atoms with E-state index in [0.717, 1.165) is 22.3 Å². The number of aromatic nitrogens is 3. The lowest BCUT2D eigenvalue weighted by molar-refractivity contribution is 1.05. The standard InChI is InChI=1S/C13H10Cl2N4/c14-9-1-2-10(12(15)4-9)11-6-19-7-17-18-13(19)3-8(11)5-16/h1-4,6-7H,5,16H2. The molecule has 0 atom stereocenters. The number of benzene rings is 1. The smallest absolute Gasteiger partial charge is 0.160 e. The molecule has 0 unspecified atom stereocenters. The third-order valence-corrected chi connectivity index (χ3v) is 3.51. The van der Waals surface area contributed by atoms with Crippen molar-refractivity contribution in [1.82, 2.24) is 14.6 Å². The third-order valence-electron chi connectivity index (χ3n) is 2.96. The van der Waals surface area contributed by atoms with Gasteiger partial charge in [-0.3, -0.25) is 4.40 Å². The molecular weight excluding hydrogens is 283 g/mol. The Bertz CT molecular complexity index is 751. The minimum atomic E-state index is 0.400. The molecule has 0 bridgehead atoms. The molecule has 96 valence electrons. The van der Waals surface area contributed by atoms with Crippen LogP contribution in [0.5, 0.6) is 0 Å². The summed E-state index contributed by atoms with van der Waals surface area (Å²) in [5, 5.41) is 9.07. The van der Waals surface area contributed by atoms with Gasteiger partial charge in [-0.25, -0.2) is 0 Å². The van der Waals surface area contributed by atoms with Gasteiger partial charge in [0.1, 0.15) is 6.33 Å². The van der Waals surface area contributed by atoms with E-state index >= 15 is 0 Å². The zero-order valence-electron chi connectivity index (χ0n) is 9.85. The van der Waals surface area contributed by atoms with Crippen LogP contribution in [0.2, 0.25) is 10.0 Å². The van der Waals surface area contributed by atoms with Crippen molar-refractivity contribution >= 4 is 28.8 Å². The van der Waals surface area contributed by atoms with Gasteiger partial charge in [-0.1, -0.05) is 29.3 Å². The van der Waals surface area contributed by atoms with Crippen LogP contribution in [-0.4, -0.2) is 14.6 Å². The lowest BCUT2D eigenvalue weighted by atomic mass is 10.0. The summed E-state index contributed by atoms with van der Waals surface area (Å²) in [6.45, 7) is 0.400. The van der Waals surface area contributed by atoms with E-state index in [4.69, 9.17) is 28.9 Å². The van der Waals surface area contributed by atoms with Gasteiger partial charge in [-0.05, 0) is 23.8 Å². The first-order valence-electron chi connectivity index (χ1n) is 5.67. The highest BCUT2D eigenvalue weighted by Crippen LogP contribution is 2.32. The molecule has 1 aromatic carbocycles. The molecule has 3 aromatic rings. The topological polar surface area (TPSA) is 56.2 Å². The monoisotopic (exact) mass is 292 g/mol. The van der Waals surface area contributed by atoms with E-state index in [1.165, 1.54) is 0 Å². The summed E-state index contributed by atoms with van der Waals surface area (Å²) < 4.78 is 1.83. The highest BCUT2D eigenvalue weighted by molar-refractivity contribution is 6.36. The van der Waals surface area contributed by atoms with Crippen LogP contribution in [0.25, 0.3) is 16.8 Å². The normalized spacial score (nSPS) is 11.1. The number of hydrogen-bond donors (Lipinski definition) is 1. The largest absolute Gasteiger partial charge is 0.326 e. The van der Waals surface area contributed by atoms with Crippen LogP contribution in [0.4, 0.5) is 0 Å². The van der Waals surface area contributed by atoms with Crippen molar-refractivity contribution in [3.63, 3.8) is 0 Å². The molecule has 2 aromatic heterocycles. The summed E-state index contributed by atoms with van der Waals surface area (Å²) in [6.07, 6.45) is 3.57. The fourth-order valence-corrected chi connectivity index (χ4v) is 2.54. The molecule has 2 N–H and O–H groups in total. The van der Waals surface area contributed by atoms with Gasteiger partial charge >= 0.3 is 0 Å². The van der Waals surface area contributed by atoms with Crippen molar-refractivity contribution in [2.45, 2.75) is 6.54 Å². The molecule has 0 saturated carbocycles. The maximum atomic E-state index is 6.25. The zero-order valence-corrected chi connectivity index (χ0v) is 11.4. The Morgan fingerprint density at radius 2 is 2.00 bits per heavy atom. The maximum Gasteiger partial charge on any atom is 0.160 e. The van der Waals surface area contributed by atoms with Crippen LogP contribution in [0.3, 0.4) is 0 Å². The predicted molar refractivity (Wildman–Crippen MR) is 76.3 cm³/mol. The number of halogens is 2. The molecule has 0 fully saturated rings. The fourth-order valence-electron chi connectivity index (χ4n) is 2.03. The Labute approximate surface area is 119 Å². The number of nitrogens with two attached hydrogens (primary N) is 1. The minimum Gasteiger partial charge on any atom is -0.326 e.